The van der Waals surface area contributed by atoms with Gasteiger partial charge in [0.15, 0.2) is 0 Å². The predicted octanol–water partition coefficient (Wildman–Crippen LogP) is 4.30. The van der Waals surface area contributed by atoms with E-state index in [9.17, 15) is 9.59 Å². The maximum Gasteiger partial charge on any atom is 0.267 e. The molecule has 3 aromatic rings. The first kappa shape index (κ1) is 14.2. The summed E-state index contributed by atoms with van der Waals surface area (Å²) in [5.41, 5.74) is 2.34. The van der Waals surface area contributed by atoms with E-state index in [0.717, 1.165) is 21.3 Å². The highest BCUT2D eigenvalue weighted by Crippen LogP contribution is 2.35. The van der Waals surface area contributed by atoms with Crippen molar-refractivity contribution < 1.29 is 9.59 Å². The number of nitrogens with one attached hydrogen (secondary N) is 2. The maximum atomic E-state index is 12.5. The molecule has 0 unspecified atom stereocenters. The van der Waals surface area contributed by atoms with Gasteiger partial charge in [0.1, 0.15) is 4.88 Å². The summed E-state index contributed by atoms with van der Waals surface area (Å²) >= 11 is 7.69. The van der Waals surface area contributed by atoms with E-state index in [2.05, 4.69) is 10.6 Å². The molecule has 6 heteroatoms. The van der Waals surface area contributed by atoms with Crippen LogP contribution < -0.4 is 10.6 Å². The Morgan fingerprint density at radius 1 is 1.22 bits per heavy atom. The fourth-order valence-electron chi connectivity index (χ4n) is 2.65. The van der Waals surface area contributed by atoms with Gasteiger partial charge in [0.2, 0.25) is 5.91 Å². The van der Waals surface area contributed by atoms with Crippen molar-refractivity contribution in [2.75, 3.05) is 10.6 Å². The molecule has 2 amide bonds. The van der Waals surface area contributed by atoms with Crippen LogP contribution in [-0.4, -0.2) is 11.8 Å². The molecule has 0 saturated heterocycles. The molecule has 0 radical (unpaired) electrons. The van der Waals surface area contributed by atoms with E-state index in [4.69, 9.17) is 11.6 Å². The molecule has 0 bridgehead atoms. The number of thiophene rings is 1. The van der Waals surface area contributed by atoms with Crippen LogP contribution in [0, 0.1) is 0 Å². The molecule has 23 heavy (non-hydrogen) atoms. The Bertz CT molecular complexity index is 964. The number of hydrogen-bond acceptors (Lipinski definition) is 3. The topological polar surface area (TPSA) is 58.2 Å². The zero-order chi connectivity index (χ0) is 16.0. The number of hydrogen-bond donors (Lipinski definition) is 2. The highest BCUT2D eigenvalue weighted by atomic mass is 35.5. The minimum atomic E-state index is -0.242. The van der Waals surface area contributed by atoms with Crippen LogP contribution in [0.25, 0.3) is 10.1 Å². The minimum absolute atomic E-state index is 0.0315. The molecule has 2 heterocycles. The maximum absolute atomic E-state index is 12.5. The molecular weight excluding hydrogens is 332 g/mol. The molecule has 1 aromatic heterocycles. The molecule has 4 nitrogen and oxygen atoms in total. The first-order valence-corrected chi connectivity index (χ1v) is 8.22. The van der Waals surface area contributed by atoms with Gasteiger partial charge in [-0.15, -0.1) is 11.3 Å². The molecule has 1 aliphatic rings. The Hall–Kier alpha value is -2.37. The number of anilines is 2. The summed E-state index contributed by atoms with van der Waals surface area (Å²) < 4.78 is 0.978. The number of fused-ring (bicyclic) bond motifs is 2. The van der Waals surface area contributed by atoms with Gasteiger partial charge < -0.3 is 10.6 Å². The van der Waals surface area contributed by atoms with Gasteiger partial charge in [0.25, 0.3) is 5.91 Å². The molecule has 0 spiro atoms. The lowest BCUT2D eigenvalue weighted by Gasteiger charge is -2.06. The van der Waals surface area contributed by atoms with E-state index in [1.807, 2.05) is 30.3 Å². The van der Waals surface area contributed by atoms with Crippen molar-refractivity contribution >= 4 is 56.2 Å². The van der Waals surface area contributed by atoms with Gasteiger partial charge >= 0.3 is 0 Å². The van der Waals surface area contributed by atoms with E-state index in [-0.39, 0.29) is 11.8 Å². The molecule has 114 valence electrons. The predicted molar refractivity (Wildman–Crippen MR) is 93.6 cm³/mol. The molecular formula is C17H11ClN2O2S. The molecule has 0 aliphatic carbocycles. The average Bonchev–Trinajstić information content (AvgIpc) is 3.07. The molecule has 0 fully saturated rings. The highest BCUT2D eigenvalue weighted by molar-refractivity contribution is 7.21. The van der Waals surface area contributed by atoms with Crippen LogP contribution in [0.1, 0.15) is 15.2 Å². The van der Waals surface area contributed by atoms with Crippen LogP contribution in [-0.2, 0) is 11.2 Å². The number of carbonyl (C=O) groups is 2. The number of halogens is 1. The average molecular weight is 343 g/mol. The van der Waals surface area contributed by atoms with Crippen LogP contribution >= 0.6 is 22.9 Å². The van der Waals surface area contributed by atoms with Crippen molar-refractivity contribution in [2.45, 2.75) is 6.42 Å². The molecule has 0 saturated carbocycles. The van der Waals surface area contributed by atoms with Crippen molar-refractivity contribution in [1.82, 2.24) is 0 Å². The van der Waals surface area contributed by atoms with Gasteiger partial charge in [0.05, 0.1) is 11.4 Å². The van der Waals surface area contributed by atoms with Crippen molar-refractivity contribution in [3.63, 3.8) is 0 Å². The largest absolute Gasteiger partial charge is 0.326 e. The summed E-state index contributed by atoms with van der Waals surface area (Å²) in [5.74, 6) is -0.274. The van der Waals surface area contributed by atoms with Crippen molar-refractivity contribution in [3.8, 4) is 0 Å². The molecule has 0 atom stereocenters. The normalized spacial score (nSPS) is 13.0. The molecule has 1 aliphatic heterocycles. The molecule has 2 N–H and O–H groups in total. The third kappa shape index (κ3) is 2.48. The lowest BCUT2D eigenvalue weighted by Crippen LogP contribution is -2.10. The van der Waals surface area contributed by atoms with Gasteiger partial charge in [-0.2, -0.15) is 0 Å². The van der Waals surface area contributed by atoms with Gasteiger partial charge in [0, 0.05) is 21.5 Å². The van der Waals surface area contributed by atoms with Crippen LogP contribution in [0.2, 0.25) is 5.02 Å². The Labute approximate surface area is 141 Å². The van der Waals surface area contributed by atoms with Crippen LogP contribution in [0.4, 0.5) is 11.4 Å². The number of rotatable bonds is 2. The lowest BCUT2D eigenvalue weighted by atomic mass is 10.1. The zero-order valence-corrected chi connectivity index (χ0v) is 13.4. The fourth-order valence-corrected chi connectivity index (χ4v) is 4.07. The summed E-state index contributed by atoms with van der Waals surface area (Å²) in [6.45, 7) is 0. The van der Waals surface area contributed by atoms with E-state index in [1.165, 1.54) is 11.3 Å². The monoisotopic (exact) mass is 342 g/mol. The second-order valence-electron chi connectivity index (χ2n) is 5.29. The Morgan fingerprint density at radius 2 is 2.04 bits per heavy atom. The zero-order valence-electron chi connectivity index (χ0n) is 11.9. The quantitative estimate of drug-likeness (QED) is 0.729. The van der Waals surface area contributed by atoms with Gasteiger partial charge in [-0.05, 0) is 29.8 Å². The molecule has 2 aromatic carbocycles. The third-order valence-corrected chi connectivity index (χ3v) is 5.40. The Balaban J connectivity index is 1.64. The van der Waals surface area contributed by atoms with E-state index >= 15 is 0 Å². The summed E-state index contributed by atoms with van der Waals surface area (Å²) in [6.07, 6.45) is 0.336. The Morgan fingerprint density at radius 3 is 2.87 bits per heavy atom. The fraction of sp³-hybridized carbons (Fsp3) is 0.0588. The van der Waals surface area contributed by atoms with Crippen molar-refractivity contribution in [1.29, 1.82) is 0 Å². The molecule has 4 rings (SSSR count). The van der Waals surface area contributed by atoms with Gasteiger partial charge in [-0.25, -0.2) is 0 Å². The lowest BCUT2D eigenvalue weighted by molar-refractivity contribution is -0.115. The van der Waals surface area contributed by atoms with Crippen molar-refractivity contribution in [3.05, 3.63) is 57.9 Å². The minimum Gasteiger partial charge on any atom is -0.326 e. The Kier molecular flexibility index (Phi) is 3.32. The number of amides is 2. The van der Waals surface area contributed by atoms with E-state index in [0.29, 0.717) is 22.0 Å². The van der Waals surface area contributed by atoms with E-state index < -0.39 is 0 Å². The first-order chi connectivity index (χ1) is 11.1. The van der Waals surface area contributed by atoms with Gasteiger partial charge in [-0.1, -0.05) is 29.8 Å². The summed E-state index contributed by atoms with van der Waals surface area (Å²) in [5, 5.41) is 6.97. The smallest absolute Gasteiger partial charge is 0.267 e. The van der Waals surface area contributed by atoms with Crippen LogP contribution in [0.15, 0.2) is 42.5 Å². The summed E-state index contributed by atoms with van der Waals surface area (Å²) in [7, 11) is 0. The second kappa shape index (κ2) is 5.37. The summed E-state index contributed by atoms with van der Waals surface area (Å²) in [4.78, 5) is 24.4. The third-order valence-electron chi connectivity index (χ3n) is 3.73. The SMILES string of the molecule is O=C1Cc2cc(NC(=O)c3sc4ccccc4c3Cl)ccc2N1. The van der Waals surface area contributed by atoms with Crippen LogP contribution in [0.3, 0.4) is 0 Å². The second-order valence-corrected chi connectivity index (χ2v) is 6.72. The first-order valence-electron chi connectivity index (χ1n) is 7.03. The van der Waals surface area contributed by atoms with Gasteiger partial charge in [-0.3, -0.25) is 9.59 Å². The standard InChI is InChI=1S/C17H11ClN2O2S/c18-15-11-3-1-2-4-13(11)23-16(15)17(22)19-10-5-6-12-9(7-10)8-14(21)20-12/h1-7H,8H2,(H,19,22)(H,20,21). The van der Waals surface area contributed by atoms with Crippen LogP contribution in [0.5, 0.6) is 0 Å². The van der Waals surface area contributed by atoms with E-state index in [1.54, 1.807) is 12.1 Å². The number of carbonyl (C=O) groups excluding carboxylic acids is 2. The highest BCUT2D eigenvalue weighted by Gasteiger charge is 2.20. The summed E-state index contributed by atoms with van der Waals surface area (Å²) in [6, 6.07) is 13.0. The van der Waals surface area contributed by atoms with Crippen molar-refractivity contribution in [2.24, 2.45) is 0 Å². The number of benzene rings is 2.